The number of nitrogens with zero attached hydrogens (tertiary/aromatic N) is 2. The first kappa shape index (κ1) is 18.6. The molecule has 5 amide bonds. The summed E-state index contributed by atoms with van der Waals surface area (Å²) in [5.74, 6) is -1.85. The lowest BCUT2D eigenvalue weighted by Crippen LogP contribution is -3.12. The van der Waals surface area contributed by atoms with Gasteiger partial charge in [-0.25, -0.2) is 9.69 Å². The van der Waals surface area contributed by atoms with Crippen LogP contribution in [-0.2, 0) is 20.9 Å². The molecule has 1 heterocycles. The summed E-state index contributed by atoms with van der Waals surface area (Å²) in [7, 11) is 1.69. The van der Waals surface area contributed by atoms with Crippen LogP contribution in [0.3, 0.4) is 0 Å². The molecule has 0 aliphatic carbocycles. The van der Waals surface area contributed by atoms with Gasteiger partial charge in [0.25, 0.3) is 5.91 Å². The standard InChI is InChI=1S/C17H22N4O4/c1-3-9-18-14(22)11-19(2)12-21-16(24)15(23)20(17(21)25)10-13-7-5-4-6-8-13/h4-8H,3,9-12H2,1-2H3,(H,18,22)/p+1. The Morgan fingerprint density at radius 3 is 2.36 bits per heavy atom. The number of hydrogen-bond donors (Lipinski definition) is 2. The van der Waals surface area contributed by atoms with Gasteiger partial charge in [0.15, 0.2) is 13.2 Å². The molecule has 8 nitrogen and oxygen atoms in total. The van der Waals surface area contributed by atoms with E-state index < -0.39 is 17.8 Å². The molecule has 1 aromatic rings. The molecular formula is C17H23N4O4+. The van der Waals surface area contributed by atoms with Crippen LogP contribution in [0.1, 0.15) is 18.9 Å². The second-order valence-corrected chi connectivity index (χ2v) is 6.03. The van der Waals surface area contributed by atoms with Crippen LogP contribution >= 0.6 is 0 Å². The lowest BCUT2D eigenvalue weighted by Gasteiger charge is -2.19. The van der Waals surface area contributed by atoms with E-state index in [-0.39, 0.29) is 25.7 Å². The van der Waals surface area contributed by atoms with Gasteiger partial charge in [0.1, 0.15) is 0 Å². The van der Waals surface area contributed by atoms with Crippen LogP contribution in [-0.4, -0.2) is 60.4 Å². The van der Waals surface area contributed by atoms with Crippen LogP contribution in [0, 0.1) is 0 Å². The third-order valence-corrected chi connectivity index (χ3v) is 3.78. The van der Waals surface area contributed by atoms with Gasteiger partial charge in [-0.1, -0.05) is 37.3 Å². The third-order valence-electron chi connectivity index (χ3n) is 3.78. The molecule has 1 aliphatic rings. The van der Waals surface area contributed by atoms with Crippen LogP contribution in [0.25, 0.3) is 0 Å². The Balaban J connectivity index is 1.97. The molecule has 0 saturated carbocycles. The Labute approximate surface area is 146 Å². The fourth-order valence-corrected chi connectivity index (χ4v) is 2.52. The van der Waals surface area contributed by atoms with Gasteiger partial charge in [-0.2, -0.15) is 0 Å². The number of carbonyl (C=O) groups is 4. The van der Waals surface area contributed by atoms with Crippen LogP contribution in [0.5, 0.6) is 0 Å². The van der Waals surface area contributed by atoms with Crippen molar-refractivity contribution >= 4 is 23.8 Å². The smallest absolute Gasteiger partial charge is 0.339 e. The highest BCUT2D eigenvalue weighted by atomic mass is 16.2. The maximum atomic E-state index is 12.4. The molecule has 0 spiro atoms. The molecule has 2 N–H and O–H groups in total. The normalized spacial score (nSPS) is 15.7. The summed E-state index contributed by atoms with van der Waals surface area (Å²) in [6.07, 6.45) is 0.830. The maximum Gasteiger partial charge on any atom is 0.339 e. The summed E-state index contributed by atoms with van der Waals surface area (Å²) in [5.41, 5.74) is 0.762. The molecule has 1 aliphatic heterocycles. The number of nitrogens with one attached hydrogen (secondary N) is 2. The van der Waals surface area contributed by atoms with Crippen molar-refractivity contribution in [2.75, 3.05) is 26.8 Å². The average Bonchev–Trinajstić information content (AvgIpc) is 2.79. The number of likely N-dealkylation sites (N-methyl/N-ethyl adjacent to an activating group) is 1. The molecular weight excluding hydrogens is 324 g/mol. The number of amides is 5. The number of imide groups is 2. The Morgan fingerprint density at radius 2 is 1.72 bits per heavy atom. The molecule has 8 heteroatoms. The van der Waals surface area contributed by atoms with E-state index in [1.807, 2.05) is 13.0 Å². The van der Waals surface area contributed by atoms with E-state index in [2.05, 4.69) is 5.32 Å². The Hall–Kier alpha value is -2.74. The summed E-state index contributed by atoms with van der Waals surface area (Å²) in [5, 5.41) is 2.74. The van der Waals surface area contributed by atoms with Crippen LogP contribution in [0.15, 0.2) is 30.3 Å². The predicted molar refractivity (Wildman–Crippen MR) is 89.2 cm³/mol. The summed E-state index contributed by atoms with van der Waals surface area (Å²) < 4.78 is 0. The van der Waals surface area contributed by atoms with Gasteiger partial charge < -0.3 is 10.2 Å². The number of carbonyl (C=O) groups excluding carboxylic acids is 4. The molecule has 2 rings (SSSR count). The fourth-order valence-electron chi connectivity index (χ4n) is 2.52. The minimum absolute atomic E-state index is 0.0335. The minimum atomic E-state index is -0.853. The van der Waals surface area contributed by atoms with E-state index in [1.165, 1.54) is 0 Å². The second-order valence-electron chi connectivity index (χ2n) is 6.03. The maximum absolute atomic E-state index is 12.4. The molecule has 1 saturated heterocycles. The van der Waals surface area contributed by atoms with E-state index in [0.717, 1.165) is 21.8 Å². The van der Waals surface area contributed by atoms with Gasteiger partial charge in [0, 0.05) is 6.54 Å². The highest BCUT2D eigenvalue weighted by molar-refractivity contribution is 6.44. The first-order valence-corrected chi connectivity index (χ1v) is 8.23. The van der Waals surface area contributed by atoms with Crippen LogP contribution in [0.2, 0.25) is 0 Å². The Kier molecular flexibility index (Phi) is 6.24. The monoisotopic (exact) mass is 347 g/mol. The van der Waals surface area contributed by atoms with Gasteiger partial charge in [0.05, 0.1) is 13.6 Å². The largest absolute Gasteiger partial charge is 0.351 e. The summed E-state index contributed by atoms with van der Waals surface area (Å²) in [6, 6.07) is 8.34. The molecule has 1 aromatic carbocycles. The first-order valence-electron chi connectivity index (χ1n) is 8.23. The van der Waals surface area contributed by atoms with Crippen molar-refractivity contribution in [3.05, 3.63) is 35.9 Å². The number of quaternary nitrogens is 1. The summed E-state index contributed by atoms with van der Waals surface area (Å²) >= 11 is 0. The van der Waals surface area contributed by atoms with E-state index in [9.17, 15) is 19.2 Å². The highest BCUT2D eigenvalue weighted by Gasteiger charge is 2.45. The Morgan fingerprint density at radius 1 is 1.08 bits per heavy atom. The SMILES string of the molecule is CCCNC(=O)C[NH+](C)CN1C(=O)C(=O)N(Cc2ccccc2)C1=O. The molecule has 1 unspecified atom stereocenters. The number of rotatable bonds is 8. The molecule has 0 radical (unpaired) electrons. The Bertz CT molecular complexity index is 662. The van der Waals surface area contributed by atoms with E-state index in [1.54, 1.807) is 31.3 Å². The summed E-state index contributed by atoms with van der Waals surface area (Å²) in [6.45, 7) is 2.66. The molecule has 0 aromatic heterocycles. The van der Waals surface area contributed by atoms with Gasteiger partial charge in [-0.05, 0) is 12.0 Å². The van der Waals surface area contributed by atoms with E-state index in [4.69, 9.17) is 0 Å². The lowest BCUT2D eigenvalue weighted by atomic mass is 10.2. The van der Waals surface area contributed by atoms with Crippen LogP contribution < -0.4 is 10.2 Å². The predicted octanol–water partition coefficient (Wildman–Crippen LogP) is -1.02. The van der Waals surface area contributed by atoms with E-state index >= 15 is 0 Å². The average molecular weight is 347 g/mol. The van der Waals surface area contributed by atoms with Crippen LogP contribution in [0.4, 0.5) is 4.79 Å². The van der Waals surface area contributed by atoms with Crippen molar-refractivity contribution in [2.24, 2.45) is 0 Å². The first-order chi connectivity index (χ1) is 11.9. The van der Waals surface area contributed by atoms with Crippen molar-refractivity contribution < 1.29 is 24.1 Å². The molecule has 0 bridgehead atoms. The minimum Gasteiger partial charge on any atom is -0.351 e. The quantitative estimate of drug-likeness (QED) is 0.465. The highest BCUT2D eigenvalue weighted by Crippen LogP contribution is 2.14. The lowest BCUT2D eigenvalue weighted by molar-refractivity contribution is -0.879. The van der Waals surface area contributed by atoms with Gasteiger partial charge in [0.2, 0.25) is 0 Å². The van der Waals surface area contributed by atoms with Crippen molar-refractivity contribution in [3.63, 3.8) is 0 Å². The molecule has 25 heavy (non-hydrogen) atoms. The van der Waals surface area contributed by atoms with Crippen molar-refractivity contribution in [3.8, 4) is 0 Å². The van der Waals surface area contributed by atoms with Crippen molar-refractivity contribution in [2.45, 2.75) is 19.9 Å². The van der Waals surface area contributed by atoms with Gasteiger partial charge >= 0.3 is 17.8 Å². The third kappa shape index (κ3) is 4.63. The second kappa shape index (κ2) is 8.39. The molecule has 134 valence electrons. The number of urea groups is 1. The number of hydrogen-bond acceptors (Lipinski definition) is 4. The topological polar surface area (TPSA) is 91.2 Å². The molecule has 1 fully saturated rings. The summed E-state index contributed by atoms with van der Waals surface area (Å²) in [4.78, 5) is 50.8. The zero-order chi connectivity index (χ0) is 18.4. The number of benzene rings is 1. The van der Waals surface area contributed by atoms with Gasteiger partial charge in [-0.15, -0.1) is 0 Å². The fraction of sp³-hybridized carbons (Fsp3) is 0.412. The zero-order valence-corrected chi connectivity index (χ0v) is 14.4. The van der Waals surface area contributed by atoms with E-state index in [0.29, 0.717) is 11.4 Å². The van der Waals surface area contributed by atoms with Gasteiger partial charge in [-0.3, -0.25) is 19.3 Å². The zero-order valence-electron chi connectivity index (χ0n) is 14.4. The van der Waals surface area contributed by atoms with Crippen molar-refractivity contribution in [1.82, 2.24) is 15.1 Å². The molecule has 1 atom stereocenters. The van der Waals surface area contributed by atoms with Crippen molar-refractivity contribution in [1.29, 1.82) is 0 Å².